The molecule has 206 valence electrons. The number of carbonyl (C=O) groups is 1. The van der Waals surface area contributed by atoms with Crippen LogP contribution in [0, 0.1) is 29.1 Å². The zero-order chi connectivity index (χ0) is 28.2. The molecule has 1 aliphatic rings. The maximum absolute atomic E-state index is 14.9. The number of rotatable bonds is 6. The van der Waals surface area contributed by atoms with Crippen molar-refractivity contribution in [2.45, 2.75) is 24.4 Å². The number of aliphatic hydroxyl groups excluding tert-OH is 1. The largest absolute Gasteiger partial charge is 0.396 e. The second-order valence-corrected chi connectivity index (χ2v) is 10.2. The lowest BCUT2D eigenvalue weighted by Gasteiger charge is -2.27. The summed E-state index contributed by atoms with van der Waals surface area (Å²) in [5, 5.41) is 14.0. The zero-order valence-electron chi connectivity index (χ0n) is 19.0. The third-order valence-electron chi connectivity index (χ3n) is 5.82. The molecule has 3 aromatic rings. The number of aliphatic hydroxyl groups is 1. The summed E-state index contributed by atoms with van der Waals surface area (Å²) in [5.74, 6) is -12.7. The number of nitrogens with one attached hydrogen (secondary N) is 2. The lowest BCUT2D eigenvalue weighted by Crippen LogP contribution is -2.49. The van der Waals surface area contributed by atoms with Gasteiger partial charge in [0.15, 0.2) is 23.0 Å². The number of anilines is 1. The van der Waals surface area contributed by atoms with Crippen molar-refractivity contribution in [2.24, 2.45) is 0 Å². The van der Waals surface area contributed by atoms with Crippen LogP contribution in [0.3, 0.4) is 0 Å². The minimum absolute atomic E-state index is 0.196. The van der Waals surface area contributed by atoms with Crippen molar-refractivity contribution in [2.75, 3.05) is 24.7 Å². The zero-order valence-corrected chi connectivity index (χ0v) is 19.9. The molecule has 0 aliphatic carbocycles. The van der Waals surface area contributed by atoms with E-state index in [-0.39, 0.29) is 12.1 Å². The number of hydrogen-bond donors (Lipinski definition) is 3. The minimum atomic E-state index is -4.15. The van der Waals surface area contributed by atoms with Gasteiger partial charge in [-0.3, -0.25) is 5.32 Å². The van der Waals surface area contributed by atoms with E-state index in [2.05, 4.69) is 5.16 Å². The molecule has 2 heterocycles. The van der Waals surface area contributed by atoms with Gasteiger partial charge in [0.1, 0.15) is 29.5 Å². The number of carbonyl (C=O) groups excluding carboxylic acids is 1. The third-order valence-corrected chi connectivity index (χ3v) is 6.53. The number of hydrogen-bond acceptors (Lipinski definition) is 6. The van der Waals surface area contributed by atoms with Crippen molar-refractivity contribution in [3.05, 3.63) is 47.3 Å². The van der Waals surface area contributed by atoms with Gasteiger partial charge in [-0.1, -0.05) is 5.16 Å². The highest BCUT2D eigenvalue weighted by Crippen LogP contribution is 2.41. The summed E-state index contributed by atoms with van der Waals surface area (Å²) < 4.78 is 131. The second-order valence-electron chi connectivity index (χ2n) is 8.42. The molecule has 17 heteroatoms. The Kier molecular flexibility index (Phi) is 7.04. The highest BCUT2D eigenvalue weighted by Gasteiger charge is 2.58. The highest BCUT2D eigenvalue weighted by atomic mass is 32.2. The molecule has 9 nitrogen and oxygen atoms in total. The molecule has 2 aromatic carbocycles. The fraction of sp³-hybridized carbons (Fsp3) is 0.333. The Morgan fingerprint density at radius 2 is 1.76 bits per heavy atom. The summed E-state index contributed by atoms with van der Waals surface area (Å²) >= 11 is 0. The van der Waals surface area contributed by atoms with E-state index in [1.54, 1.807) is 4.72 Å². The lowest BCUT2D eigenvalue weighted by molar-refractivity contribution is -0.0465. The van der Waals surface area contributed by atoms with E-state index in [4.69, 9.17) is 4.52 Å². The Hall–Kier alpha value is -3.44. The Morgan fingerprint density at radius 1 is 1.13 bits per heavy atom. The minimum Gasteiger partial charge on any atom is -0.396 e. The molecule has 2 amide bonds. The number of likely N-dealkylation sites (tertiary alicyclic amines) is 1. The van der Waals surface area contributed by atoms with Crippen molar-refractivity contribution in [1.29, 1.82) is 0 Å². The molecule has 3 N–H and O–H groups in total. The van der Waals surface area contributed by atoms with Crippen LogP contribution in [0.1, 0.15) is 6.42 Å². The second kappa shape index (κ2) is 9.70. The summed E-state index contributed by atoms with van der Waals surface area (Å²) in [4.78, 5) is 13.5. The van der Waals surface area contributed by atoms with Crippen LogP contribution in [0.4, 0.5) is 41.3 Å². The van der Waals surface area contributed by atoms with Gasteiger partial charge in [0.05, 0.1) is 17.2 Å². The van der Waals surface area contributed by atoms with Crippen LogP contribution in [-0.2, 0) is 10.0 Å². The van der Waals surface area contributed by atoms with Crippen LogP contribution in [-0.4, -0.2) is 67.0 Å². The molecule has 2 unspecified atom stereocenters. The molecule has 1 aromatic heterocycles. The number of aromatic nitrogens is 1. The first-order chi connectivity index (χ1) is 17.7. The van der Waals surface area contributed by atoms with E-state index in [1.165, 1.54) is 0 Å². The first-order valence-electron chi connectivity index (χ1n) is 10.6. The van der Waals surface area contributed by atoms with Gasteiger partial charge in [0.2, 0.25) is 10.0 Å². The smallest absolute Gasteiger partial charge is 0.323 e. The van der Waals surface area contributed by atoms with Gasteiger partial charge < -0.3 is 14.5 Å². The number of sulfonamides is 1. The predicted molar refractivity (Wildman–Crippen MR) is 117 cm³/mol. The molecule has 0 radical (unpaired) electrons. The number of nitrogens with zero attached hydrogens (tertiary/aromatic N) is 2. The van der Waals surface area contributed by atoms with Crippen molar-refractivity contribution < 1.29 is 53.6 Å². The molecule has 1 saturated heterocycles. The fourth-order valence-electron chi connectivity index (χ4n) is 4.28. The van der Waals surface area contributed by atoms with E-state index in [1.807, 2.05) is 5.32 Å². The van der Waals surface area contributed by atoms with Crippen molar-refractivity contribution in [3.63, 3.8) is 0 Å². The molecule has 38 heavy (non-hydrogen) atoms. The van der Waals surface area contributed by atoms with Crippen molar-refractivity contribution in [3.8, 4) is 11.1 Å². The molecular weight excluding hydrogens is 553 g/mol. The number of alkyl halides is 2. The molecule has 1 fully saturated rings. The average Bonchev–Trinajstić information content (AvgIpc) is 3.27. The molecule has 0 bridgehead atoms. The Balaban J connectivity index is 1.79. The van der Waals surface area contributed by atoms with Gasteiger partial charge in [0.25, 0.3) is 5.92 Å². The van der Waals surface area contributed by atoms with Gasteiger partial charge in [-0.15, -0.1) is 0 Å². The van der Waals surface area contributed by atoms with Gasteiger partial charge in [0, 0.05) is 36.9 Å². The van der Waals surface area contributed by atoms with Gasteiger partial charge in [-0.2, -0.15) is 0 Å². The molecular formula is C21H17F7N4O5S. The summed E-state index contributed by atoms with van der Waals surface area (Å²) in [7, 11) is -4.15. The van der Waals surface area contributed by atoms with E-state index in [0.29, 0.717) is 17.2 Å². The third kappa shape index (κ3) is 4.88. The van der Waals surface area contributed by atoms with E-state index in [0.717, 1.165) is 0 Å². The SMILES string of the molecule is CS(=O)(=O)NC1CN(C(=O)Nc2noc3cc(F)c(F)c(-c4c(F)cc(F)cc4F)c23)C(CCO)C1(F)F. The number of benzene rings is 2. The number of urea groups is 1. The summed E-state index contributed by atoms with van der Waals surface area (Å²) in [6.07, 6.45) is -0.0592. The summed E-state index contributed by atoms with van der Waals surface area (Å²) in [6, 6.07) is -4.64. The molecule has 0 saturated carbocycles. The molecule has 4 rings (SSSR count). The lowest BCUT2D eigenvalue weighted by atomic mass is 9.99. The number of amides is 2. The van der Waals surface area contributed by atoms with Gasteiger partial charge in [-0.25, -0.2) is 48.7 Å². The van der Waals surface area contributed by atoms with E-state index in [9.17, 15) is 49.1 Å². The molecule has 2 atom stereocenters. The summed E-state index contributed by atoms with van der Waals surface area (Å²) in [5.41, 5.74) is -2.98. The normalized spacial score (nSPS) is 19.3. The topological polar surface area (TPSA) is 125 Å². The van der Waals surface area contributed by atoms with Crippen molar-refractivity contribution in [1.82, 2.24) is 14.8 Å². The molecule has 1 aliphatic heterocycles. The Labute approximate surface area is 209 Å². The quantitative estimate of drug-likeness (QED) is 0.391. The maximum atomic E-state index is 14.9. The van der Waals surface area contributed by atoms with Crippen LogP contribution in [0.25, 0.3) is 22.1 Å². The van der Waals surface area contributed by atoms with E-state index >= 15 is 0 Å². The van der Waals surface area contributed by atoms with Crippen LogP contribution in [0.15, 0.2) is 22.7 Å². The van der Waals surface area contributed by atoms with Crippen LogP contribution in [0.5, 0.6) is 0 Å². The fourth-order valence-corrected chi connectivity index (χ4v) is 5.03. The van der Waals surface area contributed by atoms with E-state index < -0.39 is 111 Å². The Bertz CT molecular complexity index is 1510. The Morgan fingerprint density at radius 3 is 2.34 bits per heavy atom. The van der Waals surface area contributed by atoms with Crippen LogP contribution in [0.2, 0.25) is 0 Å². The predicted octanol–water partition coefficient (Wildman–Crippen LogP) is 3.34. The van der Waals surface area contributed by atoms with Crippen LogP contribution < -0.4 is 10.0 Å². The monoisotopic (exact) mass is 570 g/mol. The van der Waals surface area contributed by atoms with Gasteiger partial charge in [-0.05, 0) is 6.42 Å². The summed E-state index contributed by atoms with van der Waals surface area (Å²) in [6.45, 7) is -1.70. The van der Waals surface area contributed by atoms with Crippen LogP contribution >= 0.6 is 0 Å². The maximum Gasteiger partial charge on any atom is 0.323 e. The number of fused-ring (bicyclic) bond motifs is 1. The van der Waals surface area contributed by atoms with Gasteiger partial charge >= 0.3 is 6.03 Å². The first kappa shape index (κ1) is 27.6. The molecule has 0 spiro atoms. The van der Waals surface area contributed by atoms with Crippen molar-refractivity contribution >= 4 is 32.8 Å². The number of halogens is 7. The standard InChI is InChI=1S/C21H17F7N4O5S/c1-38(35,36)31-13-7-32(14(2-3-33)21(13,27)28)20(34)29-19-16-12(37-30-19)6-11(25)18(26)17(16)15-9(23)4-8(22)5-10(15)24/h4-6,13-14,31,33H,2-3,7H2,1H3,(H,29,30,34). The highest BCUT2D eigenvalue weighted by molar-refractivity contribution is 7.88. The average molecular weight is 570 g/mol. The first-order valence-corrected chi connectivity index (χ1v) is 12.5.